The summed E-state index contributed by atoms with van der Waals surface area (Å²) in [6, 6.07) is -0.119. The monoisotopic (exact) mass is 186 g/mol. The van der Waals surface area contributed by atoms with E-state index in [-0.39, 0.29) is 12.1 Å². The summed E-state index contributed by atoms with van der Waals surface area (Å²) >= 11 is 0. The van der Waals surface area contributed by atoms with E-state index in [9.17, 15) is 9.90 Å². The Morgan fingerprint density at radius 3 is 2.54 bits per heavy atom. The molecule has 0 heterocycles. The van der Waals surface area contributed by atoms with E-state index in [0.717, 1.165) is 32.2 Å². The number of urea groups is 1. The lowest BCUT2D eigenvalue weighted by Crippen LogP contribution is -2.37. The molecule has 0 unspecified atom stereocenters. The highest BCUT2D eigenvalue weighted by Crippen LogP contribution is 2.23. The van der Waals surface area contributed by atoms with E-state index in [1.807, 2.05) is 0 Å². The summed E-state index contributed by atoms with van der Waals surface area (Å²) < 4.78 is 0. The fourth-order valence-electron chi connectivity index (χ4n) is 1.67. The number of hydrogen-bond donors (Lipinski definition) is 3. The fourth-order valence-corrected chi connectivity index (χ4v) is 1.67. The van der Waals surface area contributed by atoms with Gasteiger partial charge in [0.2, 0.25) is 0 Å². The molecule has 0 bridgehead atoms. The van der Waals surface area contributed by atoms with E-state index in [2.05, 4.69) is 10.6 Å². The molecule has 1 fully saturated rings. The highest BCUT2D eigenvalue weighted by atomic mass is 16.3. The second-order valence-corrected chi connectivity index (χ2v) is 3.63. The summed E-state index contributed by atoms with van der Waals surface area (Å²) in [6.07, 6.45) is 3.67. The summed E-state index contributed by atoms with van der Waals surface area (Å²) in [5.74, 6) is 0.542. The Labute approximate surface area is 78.7 Å². The molecule has 1 aliphatic rings. The normalized spacial score (nSPS) is 28.2. The van der Waals surface area contributed by atoms with Crippen molar-refractivity contribution in [3.05, 3.63) is 0 Å². The van der Waals surface area contributed by atoms with Gasteiger partial charge in [-0.1, -0.05) is 0 Å². The van der Waals surface area contributed by atoms with Crippen LogP contribution in [-0.2, 0) is 0 Å². The number of aliphatic hydroxyl groups is 1. The van der Waals surface area contributed by atoms with Crippen molar-refractivity contribution < 1.29 is 9.90 Å². The second kappa shape index (κ2) is 5.07. The first kappa shape index (κ1) is 10.3. The first-order valence-electron chi connectivity index (χ1n) is 4.86. The Bertz CT molecular complexity index is 165. The predicted molar refractivity (Wildman–Crippen MR) is 50.4 cm³/mol. The molecule has 1 rings (SSSR count). The number of aliphatic hydroxyl groups excluding tert-OH is 1. The van der Waals surface area contributed by atoms with Crippen molar-refractivity contribution in [2.45, 2.75) is 31.8 Å². The topological polar surface area (TPSA) is 61.4 Å². The van der Waals surface area contributed by atoms with Gasteiger partial charge in [0, 0.05) is 13.6 Å². The summed E-state index contributed by atoms with van der Waals surface area (Å²) in [5, 5.41) is 14.5. The molecule has 0 atom stereocenters. The fraction of sp³-hybridized carbons (Fsp3) is 0.889. The zero-order valence-corrected chi connectivity index (χ0v) is 8.05. The van der Waals surface area contributed by atoms with Crippen molar-refractivity contribution in [2.24, 2.45) is 5.92 Å². The third kappa shape index (κ3) is 3.63. The average Bonchev–Trinajstić information content (AvgIpc) is 2.16. The van der Waals surface area contributed by atoms with Crippen LogP contribution >= 0.6 is 0 Å². The van der Waals surface area contributed by atoms with E-state index < -0.39 is 0 Å². The quantitative estimate of drug-likeness (QED) is 0.587. The van der Waals surface area contributed by atoms with Gasteiger partial charge in [-0.05, 0) is 31.6 Å². The lowest BCUT2D eigenvalue weighted by molar-refractivity contribution is 0.109. The summed E-state index contributed by atoms with van der Waals surface area (Å²) in [7, 11) is 1.61. The second-order valence-electron chi connectivity index (χ2n) is 3.63. The van der Waals surface area contributed by atoms with E-state index in [1.54, 1.807) is 7.05 Å². The minimum absolute atomic E-state index is 0.115. The van der Waals surface area contributed by atoms with Gasteiger partial charge in [0.1, 0.15) is 0 Å². The molecule has 0 spiro atoms. The lowest BCUT2D eigenvalue weighted by Gasteiger charge is -2.25. The molecule has 0 saturated heterocycles. The van der Waals surface area contributed by atoms with Gasteiger partial charge in [0.05, 0.1) is 6.10 Å². The molecule has 3 N–H and O–H groups in total. The van der Waals surface area contributed by atoms with Crippen LogP contribution in [-0.4, -0.2) is 30.8 Å². The molecule has 0 aromatic carbocycles. The van der Waals surface area contributed by atoms with Crippen molar-refractivity contribution >= 4 is 6.03 Å². The Kier molecular flexibility index (Phi) is 4.02. The number of nitrogens with one attached hydrogen (secondary N) is 2. The van der Waals surface area contributed by atoms with Crippen LogP contribution in [0.15, 0.2) is 0 Å². The van der Waals surface area contributed by atoms with Gasteiger partial charge in [0.15, 0.2) is 0 Å². The van der Waals surface area contributed by atoms with E-state index in [0.29, 0.717) is 5.92 Å². The van der Waals surface area contributed by atoms with Crippen LogP contribution in [0.2, 0.25) is 0 Å². The van der Waals surface area contributed by atoms with Crippen molar-refractivity contribution in [1.29, 1.82) is 0 Å². The van der Waals surface area contributed by atoms with Crippen molar-refractivity contribution in [2.75, 3.05) is 13.6 Å². The number of hydrogen-bond acceptors (Lipinski definition) is 2. The van der Waals surface area contributed by atoms with Crippen LogP contribution in [0.25, 0.3) is 0 Å². The molecule has 0 radical (unpaired) electrons. The molecule has 13 heavy (non-hydrogen) atoms. The summed E-state index contributed by atoms with van der Waals surface area (Å²) in [5.41, 5.74) is 0. The predicted octanol–water partition coefficient (Wildman–Crippen LogP) is 0.466. The van der Waals surface area contributed by atoms with Crippen molar-refractivity contribution in [3.63, 3.8) is 0 Å². The Balaban J connectivity index is 2.12. The minimum Gasteiger partial charge on any atom is -0.393 e. The zero-order valence-electron chi connectivity index (χ0n) is 8.05. The van der Waals surface area contributed by atoms with E-state index >= 15 is 0 Å². The number of rotatable bonds is 2. The Hall–Kier alpha value is -0.770. The van der Waals surface area contributed by atoms with Gasteiger partial charge in [-0.2, -0.15) is 0 Å². The zero-order chi connectivity index (χ0) is 9.68. The molecular formula is C9H18N2O2. The Morgan fingerprint density at radius 1 is 1.38 bits per heavy atom. The van der Waals surface area contributed by atoms with E-state index in [4.69, 9.17) is 0 Å². The van der Waals surface area contributed by atoms with Crippen LogP contribution in [0.4, 0.5) is 4.79 Å². The minimum atomic E-state index is -0.119. The highest BCUT2D eigenvalue weighted by Gasteiger charge is 2.19. The SMILES string of the molecule is CNC(=O)NCC1CCC(O)CC1. The smallest absolute Gasteiger partial charge is 0.314 e. The van der Waals surface area contributed by atoms with E-state index in [1.165, 1.54) is 0 Å². The van der Waals surface area contributed by atoms with Crippen LogP contribution in [0, 0.1) is 5.92 Å². The molecule has 0 aromatic heterocycles. The van der Waals surface area contributed by atoms with Crippen molar-refractivity contribution in [3.8, 4) is 0 Å². The number of carbonyl (C=O) groups is 1. The highest BCUT2D eigenvalue weighted by molar-refractivity contribution is 5.73. The van der Waals surface area contributed by atoms with Gasteiger partial charge >= 0.3 is 6.03 Å². The molecule has 0 aliphatic heterocycles. The van der Waals surface area contributed by atoms with Gasteiger partial charge in [0.25, 0.3) is 0 Å². The molecule has 2 amide bonds. The lowest BCUT2D eigenvalue weighted by atomic mass is 9.87. The molecule has 0 aromatic rings. The summed E-state index contributed by atoms with van der Waals surface area (Å²) in [6.45, 7) is 0.729. The van der Waals surface area contributed by atoms with Crippen molar-refractivity contribution in [1.82, 2.24) is 10.6 Å². The first-order valence-corrected chi connectivity index (χ1v) is 4.86. The van der Waals surface area contributed by atoms with Gasteiger partial charge in [-0.3, -0.25) is 0 Å². The maximum absolute atomic E-state index is 10.8. The third-order valence-corrected chi connectivity index (χ3v) is 2.59. The molecule has 4 heteroatoms. The summed E-state index contributed by atoms with van der Waals surface area (Å²) in [4.78, 5) is 10.8. The molecule has 1 saturated carbocycles. The third-order valence-electron chi connectivity index (χ3n) is 2.59. The molecule has 1 aliphatic carbocycles. The maximum Gasteiger partial charge on any atom is 0.314 e. The molecule has 76 valence electrons. The van der Waals surface area contributed by atoms with Crippen LogP contribution in [0.5, 0.6) is 0 Å². The van der Waals surface area contributed by atoms with Gasteiger partial charge < -0.3 is 15.7 Å². The van der Waals surface area contributed by atoms with Crippen LogP contribution in [0.1, 0.15) is 25.7 Å². The maximum atomic E-state index is 10.8. The Morgan fingerprint density at radius 2 is 2.00 bits per heavy atom. The standard InChI is InChI=1S/C9H18N2O2/c1-10-9(13)11-6-7-2-4-8(12)5-3-7/h7-8,12H,2-6H2,1H3,(H2,10,11,13). The molecular weight excluding hydrogens is 168 g/mol. The first-order chi connectivity index (χ1) is 6.22. The number of amides is 2. The van der Waals surface area contributed by atoms with Crippen LogP contribution < -0.4 is 10.6 Å². The number of carbonyl (C=O) groups excluding carboxylic acids is 1. The van der Waals surface area contributed by atoms with Gasteiger partial charge in [-0.15, -0.1) is 0 Å². The van der Waals surface area contributed by atoms with Crippen LogP contribution in [0.3, 0.4) is 0 Å². The van der Waals surface area contributed by atoms with Gasteiger partial charge in [-0.25, -0.2) is 4.79 Å². The average molecular weight is 186 g/mol. The molecule has 4 nitrogen and oxygen atoms in total. The largest absolute Gasteiger partial charge is 0.393 e.